The molecule has 0 atom stereocenters. The van der Waals surface area contributed by atoms with Crippen LogP contribution in [0.4, 0.5) is 5.82 Å². The smallest absolute Gasteiger partial charge is 0.255 e. The molecular formula is C12H18ClN5. The highest BCUT2D eigenvalue weighted by atomic mass is 35.5. The maximum atomic E-state index is 6.26. The molecule has 18 heavy (non-hydrogen) atoms. The van der Waals surface area contributed by atoms with Gasteiger partial charge in [0.1, 0.15) is 17.3 Å². The summed E-state index contributed by atoms with van der Waals surface area (Å²) in [5.41, 5.74) is 0.998. The number of fused-ring (bicyclic) bond motifs is 1. The fourth-order valence-corrected chi connectivity index (χ4v) is 2.10. The largest absolute Gasteiger partial charge is 0.367 e. The van der Waals surface area contributed by atoms with Crippen LogP contribution in [0.3, 0.4) is 0 Å². The number of hydrogen-bond donors (Lipinski definition) is 1. The normalized spacial score (nSPS) is 11.7. The maximum absolute atomic E-state index is 6.26. The Balaban J connectivity index is 2.60. The summed E-state index contributed by atoms with van der Waals surface area (Å²) in [7, 11) is 0. The first kappa shape index (κ1) is 13.1. The van der Waals surface area contributed by atoms with Crippen molar-refractivity contribution >= 4 is 23.2 Å². The van der Waals surface area contributed by atoms with Gasteiger partial charge in [0.05, 0.1) is 0 Å². The van der Waals surface area contributed by atoms with Gasteiger partial charge in [0.15, 0.2) is 0 Å². The van der Waals surface area contributed by atoms with E-state index in [0.29, 0.717) is 22.9 Å². The molecule has 0 radical (unpaired) electrons. The molecule has 0 saturated carbocycles. The van der Waals surface area contributed by atoms with Crippen LogP contribution in [0.15, 0.2) is 6.33 Å². The number of nitrogens with one attached hydrogen (secondary N) is 1. The molecule has 0 saturated heterocycles. The summed E-state index contributed by atoms with van der Waals surface area (Å²) >= 11 is 6.26. The molecule has 0 aliphatic rings. The van der Waals surface area contributed by atoms with Crippen molar-refractivity contribution in [1.82, 2.24) is 19.6 Å². The number of anilines is 1. The predicted octanol–water partition coefficient (Wildman–Crippen LogP) is 2.80. The third-order valence-electron chi connectivity index (χ3n) is 2.51. The molecule has 2 heterocycles. The molecule has 2 rings (SSSR count). The van der Waals surface area contributed by atoms with Crippen LogP contribution in [-0.4, -0.2) is 25.6 Å². The lowest BCUT2D eigenvalue weighted by molar-refractivity contribution is 0.641. The molecule has 2 aromatic heterocycles. The van der Waals surface area contributed by atoms with Crippen molar-refractivity contribution < 1.29 is 0 Å². The molecule has 0 fully saturated rings. The summed E-state index contributed by atoms with van der Waals surface area (Å²) in [6.45, 7) is 8.47. The SMILES string of the molecule is CC(C)Cc1c(Cl)nc2ncnn2c1NC(C)C. The van der Waals surface area contributed by atoms with E-state index in [9.17, 15) is 0 Å². The molecular weight excluding hydrogens is 250 g/mol. The first-order chi connectivity index (χ1) is 8.49. The van der Waals surface area contributed by atoms with Crippen molar-refractivity contribution in [3.05, 3.63) is 17.0 Å². The molecule has 2 aromatic rings. The average Bonchev–Trinajstić information content (AvgIpc) is 2.69. The summed E-state index contributed by atoms with van der Waals surface area (Å²) < 4.78 is 1.71. The van der Waals surface area contributed by atoms with Gasteiger partial charge in [-0.25, -0.2) is 0 Å². The zero-order valence-electron chi connectivity index (χ0n) is 11.1. The topological polar surface area (TPSA) is 55.1 Å². The molecule has 0 aliphatic carbocycles. The number of rotatable bonds is 4. The van der Waals surface area contributed by atoms with Gasteiger partial charge in [0, 0.05) is 11.6 Å². The van der Waals surface area contributed by atoms with E-state index >= 15 is 0 Å². The predicted molar refractivity (Wildman–Crippen MR) is 73.1 cm³/mol. The minimum atomic E-state index is 0.293. The zero-order chi connectivity index (χ0) is 13.3. The van der Waals surface area contributed by atoms with Gasteiger partial charge in [-0.2, -0.15) is 19.6 Å². The van der Waals surface area contributed by atoms with Gasteiger partial charge >= 0.3 is 0 Å². The van der Waals surface area contributed by atoms with Gasteiger partial charge in [-0.3, -0.25) is 0 Å². The van der Waals surface area contributed by atoms with E-state index in [0.717, 1.165) is 17.8 Å². The summed E-state index contributed by atoms with van der Waals surface area (Å²) in [4.78, 5) is 8.36. The van der Waals surface area contributed by atoms with E-state index in [1.54, 1.807) is 4.52 Å². The molecule has 1 N–H and O–H groups in total. The Kier molecular flexibility index (Phi) is 3.71. The van der Waals surface area contributed by atoms with Gasteiger partial charge in [-0.15, -0.1) is 0 Å². The molecule has 98 valence electrons. The fraction of sp³-hybridized carbons (Fsp3) is 0.583. The highest BCUT2D eigenvalue weighted by Crippen LogP contribution is 2.26. The Morgan fingerprint density at radius 2 is 2.06 bits per heavy atom. The van der Waals surface area contributed by atoms with E-state index in [1.807, 2.05) is 0 Å². The number of halogens is 1. The minimum absolute atomic E-state index is 0.293. The van der Waals surface area contributed by atoms with E-state index in [1.165, 1.54) is 6.33 Å². The second-order valence-corrected chi connectivity index (χ2v) is 5.46. The molecule has 0 amide bonds. The molecule has 0 spiro atoms. The van der Waals surface area contributed by atoms with Gasteiger partial charge in [0.25, 0.3) is 5.78 Å². The van der Waals surface area contributed by atoms with Crippen LogP contribution in [-0.2, 0) is 6.42 Å². The molecule has 6 heteroatoms. The molecule has 0 unspecified atom stereocenters. The Labute approximate surface area is 112 Å². The van der Waals surface area contributed by atoms with E-state index in [-0.39, 0.29) is 0 Å². The third-order valence-corrected chi connectivity index (χ3v) is 2.82. The average molecular weight is 268 g/mol. The third kappa shape index (κ3) is 2.56. The lowest BCUT2D eigenvalue weighted by atomic mass is 10.0. The van der Waals surface area contributed by atoms with Crippen LogP contribution in [0.25, 0.3) is 5.78 Å². The van der Waals surface area contributed by atoms with Gasteiger partial charge in [-0.05, 0) is 26.2 Å². The fourth-order valence-electron chi connectivity index (χ4n) is 1.86. The Morgan fingerprint density at radius 3 is 2.67 bits per heavy atom. The van der Waals surface area contributed by atoms with Crippen molar-refractivity contribution in [1.29, 1.82) is 0 Å². The Hall–Kier alpha value is -1.36. The molecule has 0 aliphatic heterocycles. The number of aromatic nitrogens is 4. The lowest BCUT2D eigenvalue weighted by Gasteiger charge is -2.17. The maximum Gasteiger partial charge on any atom is 0.255 e. The number of hydrogen-bond acceptors (Lipinski definition) is 4. The van der Waals surface area contributed by atoms with Crippen LogP contribution < -0.4 is 5.32 Å². The Bertz CT molecular complexity index is 547. The first-order valence-electron chi connectivity index (χ1n) is 6.13. The van der Waals surface area contributed by atoms with Crippen LogP contribution in [0.5, 0.6) is 0 Å². The van der Waals surface area contributed by atoms with E-state index in [4.69, 9.17) is 11.6 Å². The highest BCUT2D eigenvalue weighted by Gasteiger charge is 2.17. The minimum Gasteiger partial charge on any atom is -0.367 e. The second kappa shape index (κ2) is 5.10. The van der Waals surface area contributed by atoms with Gasteiger partial charge < -0.3 is 5.32 Å². The Morgan fingerprint density at radius 1 is 1.33 bits per heavy atom. The summed E-state index contributed by atoms with van der Waals surface area (Å²) in [5.74, 6) is 1.92. The van der Waals surface area contributed by atoms with E-state index in [2.05, 4.69) is 48.1 Å². The summed E-state index contributed by atoms with van der Waals surface area (Å²) in [5, 5.41) is 8.09. The van der Waals surface area contributed by atoms with Crippen LogP contribution >= 0.6 is 11.6 Å². The van der Waals surface area contributed by atoms with Gasteiger partial charge in [0.2, 0.25) is 0 Å². The van der Waals surface area contributed by atoms with Crippen molar-refractivity contribution in [2.45, 2.75) is 40.2 Å². The van der Waals surface area contributed by atoms with E-state index < -0.39 is 0 Å². The highest BCUT2D eigenvalue weighted by molar-refractivity contribution is 6.30. The van der Waals surface area contributed by atoms with Crippen LogP contribution in [0.1, 0.15) is 33.3 Å². The monoisotopic (exact) mass is 267 g/mol. The van der Waals surface area contributed by atoms with Crippen molar-refractivity contribution in [3.63, 3.8) is 0 Å². The standard InChI is InChI=1S/C12H18ClN5/c1-7(2)5-9-10(13)17-12-14-6-15-18(12)11(9)16-8(3)4/h6-8,16H,5H2,1-4H3. The van der Waals surface area contributed by atoms with Gasteiger partial charge in [-0.1, -0.05) is 25.4 Å². The molecule has 0 bridgehead atoms. The van der Waals surface area contributed by atoms with Crippen LogP contribution in [0.2, 0.25) is 5.15 Å². The zero-order valence-corrected chi connectivity index (χ0v) is 11.9. The molecule has 0 aromatic carbocycles. The summed E-state index contributed by atoms with van der Waals surface area (Å²) in [6.07, 6.45) is 2.35. The van der Waals surface area contributed by atoms with Crippen LogP contribution in [0, 0.1) is 5.92 Å². The van der Waals surface area contributed by atoms with Crippen molar-refractivity contribution in [2.24, 2.45) is 5.92 Å². The number of nitrogens with zero attached hydrogens (tertiary/aromatic N) is 4. The summed E-state index contributed by atoms with van der Waals surface area (Å²) in [6, 6.07) is 0.293. The molecule has 5 nitrogen and oxygen atoms in total. The quantitative estimate of drug-likeness (QED) is 0.866. The van der Waals surface area contributed by atoms with Crippen molar-refractivity contribution in [3.8, 4) is 0 Å². The van der Waals surface area contributed by atoms with Crippen molar-refractivity contribution in [2.75, 3.05) is 5.32 Å². The second-order valence-electron chi connectivity index (χ2n) is 5.10. The lowest BCUT2D eigenvalue weighted by Crippen LogP contribution is -2.17. The first-order valence-corrected chi connectivity index (χ1v) is 6.51.